The summed E-state index contributed by atoms with van der Waals surface area (Å²) in [7, 11) is 2.91. The number of carboxylic acids is 1. The summed E-state index contributed by atoms with van der Waals surface area (Å²) in [4.78, 5) is 31.6. The molecule has 1 fully saturated rings. The maximum absolute atomic E-state index is 14.2. The van der Waals surface area contributed by atoms with Gasteiger partial charge in [0.25, 0.3) is 5.92 Å². The summed E-state index contributed by atoms with van der Waals surface area (Å²) in [6, 6.07) is 6.26. The number of likely N-dealkylation sites (tertiary alicyclic amines) is 1. The van der Waals surface area contributed by atoms with Crippen LogP contribution in [0.2, 0.25) is 0 Å². The number of nitrogens with one attached hydrogen (secondary N) is 1. The van der Waals surface area contributed by atoms with Gasteiger partial charge in [-0.05, 0) is 23.6 Å². The van der Waals surface area contributed by atoms with Gasteiger partial charge < -0.3 is 15.2 Å². The molecule has 1 aromatic rings. The Hall–Kier alpha value is -2.64. The average Bonchev–Trinajstić information content (AvgIpc) is 3.07. The van der Waals surface area contributed by atoms with E-state index < -0.39 is 23.3 Å². The normalized spacial score (nSPS) is 18.0. The summed E-state index contributed by atoms with van der Waals surface area (Å²) < 4.78 is 46.1. The largest absolute Gasteiger partial charge is 0.481 e. The summed E-state index contributed by atoms with van der Waals surface area (Å²) in [5, 5.41) is 13.0. The molecule has 0 unspecified atom stereocenters. The molecule has 0 radical (unpaired) electrons. The quantitative estimate of drug-likeness (QED) is 0.246. The van der Waals surface area contributed by atoms with E-state index >= 15 is 0 Å². The van der Waals surface area contributed by atoms with Crippen LogP contribution in [0.5, 0.6) is 0 Å². The van der Waals surface area contributed by atoms with E-state index in [1.807, 2.05) is 0 Å². The molecule has 2 aliphatic rings. The van der Waals surface area contributed by atoms with E-state index in [1.54, 1.807) is 50.3 Å². The lowest BCUT2D eigenvalue weighted by Crippen LogP contribution is -2.40. The minimum absolute atomic E-state index is 0.106. The van der Waals surface area contributed by atoms with Gasteiger partial charge in [0, 0.05) is 42.1 Å². The summed E-state index contributed by atoms with van der Waals surface area (Å²) >= 11 is 4.41. The van der Waals surface area contributed by atoms with Crippen molar-refractivity contribution in [2.24, 2.45) is 15.4 Å². The van der Waals surface area contributed by atoms with Gasteiger partial charge in [0.1, 0.15) is 10.9 Å². The van der Waals surface area contributed by atoms with Crippen LogP contribution in [0.4, 0.5) is 13.2 Å². The zero-order chi connectivity index (χ0) is 29.8. The molecule has 2 aliphatic heterocycles. The summed E-state index contributed by atoms with van der Waals surface area (Å²) in [5.41, 5.74) is -0.274. The topological polar surface area (TPSA) is 104 Å². The third-order valence-corrected chi connectivity index (χ3v) is 6.82. The Morgan fingerprint density at radius 2 is 2.00 bits per heavy atom. The molecule has 0 aromatic heterocycles. The molecule has 0 bridgehead atoms. The van der Waals surface area contributed by atoms with E-state index in [-0.39, 0.29) is 38.4 Å². The predicted octanol–water partition coefficient (Wildman–Crippen LogP) is 5.37. The molecule has 1 aromatic carbocycles. The molecule has 1 saturated heterocycles. The number of aliphatic carboxylic acids is 1. The van der Waals surface area contributed by atoms with Gasteiger partial charge in [0.05, 0.1) is 25.8 Å². The van der Waals surface area contributed by atoms with Crippen LogP contribution >= 0.6 is 27.7 Å². The molecule has 216 valence electrons. The Kier molecular flexibility index (Phi) is 14.0. The number of amidine groups is 1. The van der Waals surface area contributed by atoms with Crippen LogP contribution in [-0.2, 0) is 14.3 Å². The predicted molar refractivity (Wildman–Crippen MR) is 153 cm³/mol. The highest BCUT2D eigenvalue weighted by Crippen LogP contribution is 2.43. The summed E-state index contributed by atoms with van der Waals surface area (Å²) in [5.74, 6) is -3.78. The first-order chi connectivity index (χ1) is 18.2. The molecule has 8 nitrogen and oxygen atoms in total. The number of nitrogens with zero attached hydrogens (tertiary/aromatic N) is 3. The third-order valence-electron chi connectivity index (χ3n) is 5.56. The Morgan fingerprint density at radius 1 is 1.36 bits per heavy atom. The molecule has 0 amide bonds. The van der Waals surface area contributed by atoms with E-state index in [0.29, 0.717) is 22.1 Å². The maximum atomic E-state index is 14.2. The second-order valence-corrected chi connectivity index (χ2v) is 10.8. The van der Waals surface area contributed by atoms with Crippen LogP contribution in [0.1, 0.15) is 27.2 Å². The average molecular weight is 636 g/mol. The zero-order valence-corrected chi connectivity index (χ0v) is 25.0. The van der Waals surface area contributed by atoms with Crippen LogP contribution in [0.3, 0.4) is 0 Å². The maximum Gasteiger partial charge on any atom is 0.337 e. The lowest BCUT2D eigenvalue weighted by atomic mass is 9.89. The Labute approximate surface area is 239 Å². The molecule has 2 heterocycles. The van der Waals surface area contributed by atoms with Crippen molar-refractivity contribution in [3.63, 3.8) is 0 Å². The van der Waals surface area contributed by atoms with Gasteiger partial charge in [-0.2, -0.15) is 0 Å². The first kappa shape index (κ1) is 34.4. The number of rotatable bonds is 6. The zero-order valence-electron chi connectivity index (χ0n) is 22.6. The number of hydrogen-bond donors (Lipinski definition) is 2. The van der Waals surface area contributed by atoms with E-state index in [0.717, 1.165) is 4.47 Å². The van der Waals surface area contributed by atoms with Crippen molar-refractivity contribution in [2.75, 3.05) is 40.3 Å². The highest BCUT2D eigenvalue weighted by Gasteiger charge is 2.54. The molecule has 0 saturated carbocycles. The van der Waals surface area contributed by atoms with E-state index in [4.69, 9.17) is 9.84 Å². The number of halogens is 4. The molecule has 0 atom stereocenters. The van der Waals surface area contributed by atoms with Gasteiger partial charge >= 0.3 is 11.9 Å². The summed E-state index contributed by atoms with van der Waals surface area (Å²) in [6.45, 7) is 8.50. The van der Waals surface area contributed by atoms with E-state index in [9.17, 15) is 22.8 Å². The lowest BCUT2D eigenvalue weighted by molar-refractivity contribution is -0.137. The third kappa shape index (κ3) is 10.8. The molecular weight excluding hydrogens is 601 g/mol. The number of hydrogen-bond acceptors (Lipinski definition) is 8. The van der Waals surface area contributed by atoms with Crippen molar-refractivity contribution in [1.29, 1.82) is 0 Å². The Morgan fingerprint density at radius 3 is 2.41 bits per heavy atom. The van der Waals surface area contributed by atoms with Crippen LogP contribution in [0.15, 0.2) is 62.0 Å². The highest BCUT2D eigenvalue weighted by molar-refractivity contribution is 9.10. The number of carbonyl (C=O) groups excluding carboxylic acids is 1. The number of alkyl halides is 2. The van der Waals surface area contributed by atoms with Crippen molar-refractivity contribution < 1.29 is 32.6 Å². The van der Waals surface area contributed by atoms with Crippen molar-refractivity contribution >= 4 is 50.5 Å². The van der Waals surface area contributed by atoms with Crippen LogP contribution in [0.25, 0.3) is 0 Å². The number of benzene rings is 1. The van der Waals surface area contributed by atoms with Crippen molar-refractivity contribution in [2.45, 2.75) is 33.1 Å². The van der Waals surface area contributed by atoms with Crippen LogP contribution in [0, 0.1) is 11.2 Å². The van der Waals surface area contributed by atoms with E-state index in [1.165, 1.54) is 31.0 Å². The second-order valence-electron chi connectivity index (χ2n) is 8.97. The first-order valence-electron chi connectivity index (χ1n) is 11.8. The number of aliphatic imine (C=N–C) groups is 2. The van der Waals surface area contributed by atoms with Crippen molar-refractivity contribution in [3.05, 3.63) is 57.8 Å². The standard InChI is InChI=1S/C17H24F2N4O2S.C6H4BrF.C3H6O2/c1-6-26-14(20-4)13-21-7-11(15(24)25-5)12(22-13)8-23-9-16(2,3)17(18,19)10-23;7-5-2-1-3-6(8)4-5;1-2-3(4)5/h6H,1,7-10H2,2-5H3,(H,21,22);1-4H;2H2,1H3,(H,4,5). The number of ether oxygens (including phenoxy) is 1. The molecule has 0 aliphatic carbocycles. The molecule has 13 heteroatoms. The van der Waals surface area contributed by atoms with Gasteiger partial charge in [-0.1, -0.05) is 61.1 Å². The number of carbonyl (C=O) groups is 2. The monoisotopic (exact) mass is 634 g/mol. The fourth-order valence-corrected chi connectivity index (χ4v) is 4.25. The number of methoxy groups -OCH3 is 1. The molecule has 2 N–H and O–H groups in total. The SMILES string of the molecule is C=CSC(=NC)C1=NCC(C(=O)OC)=C(CN2CC(C)(C)C(F)(F)C2)N1.CCC(=O)O.Fc1cccc(Br)c1. The van der Waals surface area contributed by atoms with Gasteiger partial charge in [-0.3, -0.25) is 19.7 Å². The minimum Gasteiger partial charge on any atom is -0.481 e. The van der Waals surface area contributed by atoms with E-state index in [2.05, 4.69) is 37.8 Å². The lowest BCUT2D eigenvalue weighted by Gasteiger charge is -2.25. The molecule has 0 spiro atoms. The van der Waals surface area contributed by atoms with Gasteiger partial charge in [0.15, 0.2) is 5.84 Å². The number of esters is 1. The first-order valence-corrected chi connectivity index (χ1v) is 13.5. The van der Waals surface area contributed by atoms with Crippen molar-refractivity contribution in [1.82, 2.24) is 10.2 Å². The molecule has 3 rings (SSSR count). The molecule has 39 heavy (non-hydrogen) atoms. The fraction of sp³-hybridized carbons (Fsp3) is 0.462. The number of carboxylic acid groups (broad SMARTS) is 1. The summed E-state index contributed by atoms with van der Waals surface area (Å²) in [6.07, 6.45) is 0.222. The molecular formula is C26H34BrF3N4O4S. The fourth-order valence-electron chi connectivity index (χ4n) is 3.39. The van der Waals surface area contributed by atoms with Crippen molar-refractivity contribution in [3.8, 4) is 0 Å². The highest BCUT2D eigenvalue weighted by atomic mass is 79.9. The van der Waals surface area contributed by atoms with Gasteiger partial charge in [-0.25, -0.2) is 18.0 Å². The second kappa shape index (κ2) is 15.8. The van der Waals surface area contributed by atoms with Gasteiger partial charge in [-0.15, -0.1) is 0 Å². The Bertz CT molecular complexity index is 1090. The Balaban J connectivity index is 0.000000478. The van der Waals surface area contributed by atoms with Gasteiger partial charge in [0.2, 0.25) is 0 Å². The van der Waals surface area contributed by atoms with Crippen LogP contribution < -0.4 is 5.32 Å². The number of thioether (sulfide) groups is 1. The van der Waals surface area contributed by atoms with Crippen LogP contribution in [-0.4, -0.2) is 79.1 Å². The minimum atomic E-state index is -2.79. The smallest absolute Gasteiger partial charge is 0.337 e.